The molecule has 0 unspecified atom stereocenters. The van der Waals surface area contributed by atoms with E-state index in [9.17, 15) is 4.39 Å². The Morgan fingerprint density at radius 1 is 1.09 bits per heavy atom. The van der Waals surface area contributed by atoms with E-state index in [1.54, 1.807) is 29.2 Å². The quantitative estimate of drug-likeness (QED) is 0.678. The van der Waals surface area contributed by atoms with Crippen LogP contribution in [-0.2, 0) is 6.54 Å². The van der Waals surface area contributed by atoms with Crippen LogP contribution >= 0.6 is 11.6 Å². The highest BCUT2D eigenvalue weighted by atomic mass is 35.5. The molecule has 0 saturated heterocycles. The summed E-state index contributed by atoms with van der Waals surface area (Å²) in [5.74, 6) is 5.63. The molecule has 0 saturated carbocycles. The van der Waals surface area contributed by atoms with E-state index < -0.39 is 0 Å². The van der Waals surface area contributed by atoms with Gasteiger partial charge >= 0.3 is 0 Å². The van der Waals surface area contributed by atoms with Crippen molar-refractivity contribution >= 4 is 11.6 Å². The molecule has 1 aromatic carbocycles. The van der Waals surface area contributed by atoms with Gasteiger partial charge in [-0.1, -0.05) is 35.7 Å². The normalized spacial score (nSPS) is 10.1. The maximum atomic E-state index is 12.9. The zero-order chi connectivity index (χ0) is 15.4. The Morgan fingerprint density at radius 2 is 1.91 bits per heavy atom. The summed E-state index contributed by atoms with van der Waals surface area (Å²) in [6.07, 6.45) is 3.30. The molecule has 2 heterocycles. The molecule has 0 radical (unpaired) electrons. The van der Waals surface area contributed by atoms with Crippen LogP contribution in [-0.4, -0.2) is 14.8 Å². The maximum absolute atomic E-state index is 12.9. The monoisotopic (exact) mass is 311 g/mol. The van der Waals surface area contributed by atoms with Gasteiger partial charge in [-0.3, -0.25) is 0 Å². The largest absolute Gasteiger partial charge is 0.248 e. The highest BCUT2D eigenvalue weighted by Crippen LogP contribution is 2.16. The number of aromatic nitrogens is 3. The molecule has 3 aromatic rings. The molecule has 0 aliphatic rings. The van der Waals surface area contributed by atoms with E-state index in [4.69, 9.17) is 11.6 Å². The van der Waals surface area contributed by atoms with E-state index >= 15 is 0 Å². The van der Waals surface area contributed by atoms with Crippen molar-refractivity contribution in [2.24, 2.45) is 0 Å². The zero-order valence-electron chi connectivity index (χ0n) is 11.5. The van der Waals surface area contributed by atoms with Crippen molar-refractivity contribution in [1.82, 2.24) is 14.8 Å². The summed E-state index contributed by atoms with van der Waals surface area (Å²) in [4.78, 5) is 4.13. The van der Waals surface area contributed by atoms with E-state index in [0.717, 1.165) is 5.56 Å². The van der Waals surface area contributed by atoms with Crippen LogP contribution in [0.5, 0.6) is 0 Å². The average molecular weight is 312 g/mol. The molecule has 0 fully saturated rings. The molecular weight excluding hydrogens is 301 g/mol. The van der Waals surface area contributed by atoms with Gasteiger partial charge in [0.05, 0.1) is 18.3 Å². The fraction of sp³-hybridized carbons (Fsp3) is 0.0588. The second kappa shape index (κ2) is 6.42. The molecule has 0 aliphatic carbocycles. The van der Waals surface area contributed by atoms with E-state index in [2.05, 4.69) is 21.9 Å². The first kappa shape index (κ1) is 14.3. The number of halogens is 2. The number of pyridine rings is 1. The van der Waals surface area contributed by atoms with E-state index in [1.165, 1.54) is 12.1 Å². The number of hydrogen-bond acceptors (Lipinski definition) is 2. The maximum Gasteiger partial charge on any atom is 0.143 e. The third-order valence-electron chi connectivity index (χ3n) is 3.01. The van der Waals surface area contributed by atoms with Gasteiger partial charge in [0.15, 0.2) is 0 Å². The Kier molecular flexibility index (Phi) is 4.17. The first-order chi connectivity index (χ1) is 10.7. The van der Waals surface area contributed by atoms with Gasteiger partial charge in [0.2, 0.25) is 0 Å². The molecule has 108 valence electrons. The molecule has 3 rings (SSSR count). The van der Waals surface area contributed by atoms with Crippen molar-refractivity contribution in [2.45, 2.75) is 6.54 Å². The Labute approximate surface area is 132 Å². The molecule has 5 heteroatoms. The number of rotatable bonds is 2. The Morgan fingerprint density at radius 3 is 2.64 bits per heavy atom. The second-order valence-corrected chi connectivity index (χ2v) is 4.96. The minimum atomic E-state index is -0.266. The number of benzene rings is 1. The Bertz CT molecular complexity index is 830. The van der Waals surface area contributed by atoms with Gasteiger partial charge in [-0.25, -0.2) is 14.1 Å². The van der Waals surface area contributed by atoms with Crippen molar-refractivity contribution < 1.29 is 4.39 Å². The molecule has 0 amide bonds. The van der Waals surface area contributed by atoms with Crippen molar-refractivity contribution in [3.8, 4) is 11.8 Å². The molecule has 0 aliphatic heterocycles. The van der Waals surface area contributed by atoms with E-state index in [0.29, 0.717) is 23.0 Å². The first-order valence-corrected chi connectivity index (χ1v) is 6.99. The van der Waals surface area contributed by atoms with Crippen LogP contribution in [0.1, 0.15) is 16.8 Å². The van der Waals surface area contributed by atoms with Crippen molar-refractivity contribution in [1.29, 1.82) is 0 Å². The molecule has 0 N–H and O–H groups in total. The Hall–Kier alpha value is -2.64. The van der Waals surface area contributed by atoms with Crippen LogP contribution in [0.2, 0.25) is 5.15 Å². The van der Waals surface area contributed by atoms with Gasteiger partial charge in [-0.15, -0.1) is 0 Å². The summed E-state index contributed by atoms with van der Waals surface area (Å²) >= 11 is 6.28. The number of nitrogens with zero attached hydrogens (tertiary/aromatic N) is 3. The standard InChI is InChI=1S/C17H11ClFN3/c18-17-14(6-9-16-3-1-2-10-20-16)11-21-22(17)12-13-4-7-15(19)8-5-13/h1-5,7-8,10-11H,12H2. The third-order valence-corrected chi connectivity index (χ3v) is 3.41. The van der Waals surface area contributed by atoms with Crippen molar-refractivity contribution in [2.75, 3.05) is 0 Å². The predicted octanol–water partition coefficient (Wildman–Crippen LogP) is 3.52. The molecule has 22 heavy (non-hydrogen) atoms. The van der Waals surface area contributed by atoms with Crippen LogP contribution in [0, 0.1) is 17.7 Å². The minimum absolute atomic E-state index is 0.266. The average Bonchev–Trinajstić information content (AvgIpc) is 2.89. The summed E-state index contributed by atoms with van der Waals surface area (Å²) in [5.41, 5.74) is 2.22. The smallest absolute Gasteiger partial charge is 0.143 e. The van der Waals surface area contributed by atoms with Crippen molar-refractivity contribution in [3.05, 3.63) is 82.6 Å². The van der Waals surface area contributed by atoms with Gasteiger partial charge in [0.1, 0.15) is 16.7 Å². The molecular formula is C17H11ClFN3. The lowest BCUT2D eigenvalue weighted by molar-refractivity contribution is 0.624. The summed E-state index contributed by atoms with van der Waals surface area (Å²) < 4.78 is 14.5. The summed E-state index contributed by atoms with van der Waals surface area (Å²) in [6, 6.07) is 11.8. The van der Waals surface area contributed by atoms with Crippen molar-refractivity contribution in [3.63, 3.8) is 0 Å². The lowest BCUT2D eigenvalue weighted by Crippen LogP contribution is -2.01. The van der Waals surface area contributed by atoms with Gasteiger partial charge < -0.3 is 0 Å². The van der Waals surface area contributed by atoms with Crippen LogP contribution in [0.3, 0.4) is 0 Å². The lowest BCUT2D eigenvalue weighted by Gasteiger charge is -2.03. The number of hydrogen-bond donors (Lipinski definition) is 0. The summed E-state index contributed by atoms with van der Waals surface area (Å²) in [7, 11) is 0. The van der Waals surface area contributed by atoms with Crippen LogP contribution in [0.4, 0.5) is 4.39 Å². The molecule has 3 nitrogen and oxygen atoms in total. The summed E-state index contributed by atoms with van der Waals surface area (Å²) in [6.45, 7) is 0.463. The van der Waals surface area contributed by atoms with E-state index in [-0.39, 0.29) is 5.82 Å². The highest BCUT2D eigenvalue weighted by molar-refractivity contribution is 6.30. The fourth-order valence-electron chi connectivity index (χ4n) is 1.90. The SMILES string of the molecule is Fc1ccc(Cn2ncc(C#Cc3ccccn3)c2Cl)cc1. The van der Waals surface area contributed by atoms with Crippen LogP contribution in [0.25, 0.3) is 0 Å². The molecule has 0 atom stereocenters. The second-order valence-electron chi connectivity index (χ2n) is 4.60. The van der Waals surface area contributed by atoms with Gasteiger partial charge in [-0.2, -0.15) is 5.10 Å². The lowest BCUT2D eigenvalue weighted by atomic mass is 10.2. The van der Waals surface area contributed by atoms with Gasteiger partial charge in [-0.05, 0) is 35.7 Å². The first-order valence-electron chi connectivity index (χ1n) is 6.61. The molecule has 0 spiro atoms. The van der Waals surface area contributed by atoms with Gasteiger partial charge in [0, 0.05) is 6.20 Å². The Balaban J connectivity index is 1.80. The summed E-state index contributed by atoms with van der Waals surface area (Å²) in [5, 5.41) is 4.67. The topological polar surface area (TPSA) is 30.7 Å². The minimum Gasteiger partial charge on any atom is -0.248 e. The van der Waals surface area contributed by atoms with E-state index in [1.807, 2.05) is 18.2 Å². The fourth-order valence-corrected chi connectivity index (χ4v) is 2.09. The highest BCUT2D eigenvalue weighted by Gasteiger charge is 2.07. The molecule has 0 bridgehead atoms. The third kappa shape index (κ3) is 3.33. The van der Waals surface area contributed by atoms with Crippen LogP contribution < -0.4 is 0 Å². The predicted molar refractivity (Wildman–Crippen MR) is 83.0 cm³/mol. The zero-order valence-corrected chi connectivity index (χ0v) is 12.3. The molecule has 2 aromatic heterocycles. The van der Waals surface area contributed by atoms with Crippen LogP contribution in [0.15, 0.2) is 54.9 Å². The van der Waals surface area contributed by atoms with Gasteiger partial charge in [0.25, 0.3) is 0 Å².